The van der Waals surface area contributed by atoms with Crippen molar-refractivity contribution >= 4 is 5.78 Å². The number of nitrogens with zero attached hydrogens (tertiary/aromatic N) is 3. The van der Waals surface area contributed by atoms with E-state index >= 15 is 0 Å². The monoisotopic (exact) mass is 206 g/mol. The van der Waals surface area contributed by atoms with Gasteiger partial charge < -0.3 is 10.8 Å². The Labute approximate surface area is 87.6 Å². The largest absolute Gasteiger partial charge is 0.394 e. The molecule has 0 radical (unpaired) electrons. The summed E-state index contributed by atoms with van der Waals surface area (Å²) >= 11 is 0. The summed E-state index contributed by atoms with van der Waals surface area (Å²) in [6, 6.07) is 1.42. The average molecular weight is 206 g/mol. The van der Waals surface area contributed by atoms with Gasteiger partial charge in [0.1, 0.15) is 0 Å². The third kappa shape index (κ3) is 1.60. The van der Waals surface area contributed by atoms with Crippen molar-refractivity contribution in [3.8, 4) is 0 Å². The first-order valence-electron chi connectivity index (χ1n) is 4.96. The second-order valence-electron chi connectivity index (χ2n) is 3.38. The van der Waals surface area contributed by atoms with Crippen LogP contribution < -0.4 is 5.73 Å². The van der Waals surface area contributed by atoms with Crippen LogP contribution in [0.3, 0.4) is 0 Å². The fourth-order valence-electron chi connectivity index (χ4n) is 1.69. The second kappa shape index (κ2) is 3.96. The van der Waals surface area contributed by atoms with Gasteiger partial charge in [0, 0.05) is 12.4 Å². The molecule has 0 spiro atoms. The summed E-state index contributed by atoms with van der Waals surface area (Å²) in [7, 11) is 0. The lowest BCUT2D eigenvalue weighted by molar-refractivity contribution is 0.265. The van der Waals surface area contributed by atoms with Gasteiger partial charge in [0.15, 0.2) is 0 Å². The zero-order valence-electron chi connectivity index (χ0n) is 8.59. The molecule has 2 aromatic rings. The fourth-order valence-corrected chi connectivity index (χ4v) is 1.69. The SMILES string of the molecule is CCc1nc2ncccn2c1C(N)CO. The van der Waals surface area contributed by atoms with E-state index in [1.165, 1.54) is 0 Å². The number of nitrogens with two attached hydrogens (primary N) is 1. The zero-order chi connectivity index (χ0) is 10.8. The molecule has 1 atom stereocenters. The number of aliphatic hydroxyl groups excluding tert-OH is 1. The molecule has 80 valence electrons. The number of rotatable bonds is 3. The van der Waals surface area contributed by atoms with Gasteiger partial charge >= 0.3 is 0 Å². The lowest BCUT2D eigenvalue weighted by atomic mass is 10.1. The van der Waals surface area contributed by atoms with Crippen LogP contribution in [0.25, 0.3) is 5.78 Å². The molecule has 0 aliphatic heterocycles. The summed E-state index contributed by atoms with van der Waals surface area (Å²) in [5, 5.41) is 9.10. The number of hydrogen-bond acceptors (Lipinski definition) is 4. The Balaban J connectivity index is 2.66. The van der Waals surface area contributed by atoms with Gasteiger partial charge in [-0.15, -0.1) is 0 Å². The lowest BCUT2D eigenvalue weighted by Gasteiger charge is -2.09. The Hall–Kier alpha value is -1.46. The zero-order valence-corrected chi connectivity index (χ0v) is 8.59. The summed E-state index contributed by atoms with van der Waals surface area (Å²) in [5.41, 5.74) is 7.59. The van der Waals surface area contributed by atoms with Crippen molar-refractivity contribution in [1.82, 2.24) is 14.4 Å². The molecule has 0 amide bonds. The molecule has 0 saturated heterocycles. The molecular weight excluding hydrogens is 192 g/mol. The maximum atomic E-state index is 9.10. The van der Waals surface area contributed by atoms with Crippen molar-refractivity contribution in [3.05, 3.63) is 29.8 Å². The molecule has 0 aromatic carbocycles. The van der Waals surface area contributed by atoms with Crippen LogP contribution in [0.5, 0.6) is 0 Å². The third-order valence-electron chi connectivity index (χ3n) is 2.40. The smallest absolute Gasteiger partial charge is 0.234 e. The standard InChI is InChI=1S/C10H14N4O/c1-2-8-9(7(11)6-15)14-5-3-4-12-10(14)13-8/h3-5,7,15H,2,6,11H2,1H3. The molecule has 0 aliphatic rings. The maximum Gasteiger partial charge on any atom is 0.234 e. The van der Waals surface area contributed by atoms with Crippen LogP contribution in [-0.2, 0) is 6.42 Å². The molecule has 1 unspecified atom stereocenters. The van der Waals surface area contributed by atoms with E-state index < -0.39 is 6.04 Å². The minimum absolute atomic E-state index is 0.0876. The van der Waals surface area contributed by atoms with Crippen molar-refractivity contribution in [1.29, 1.82) is 0 Å². The topological polar surface area (TPSA) is 76.4 Å². The van der Waals surface area contributed by atoms with E-state index in [1.807, 2.05) is 23.6 Å². The highest BCUT2D eigenvalue weighted by atomic mass is 16.3. The average Bonchev–Trinajstić information content (AvgIpc) is 2.66. The molecular formula is C10H14N4O. The number of imidazole rings is 1. The van der Waals surface area contributed by atoms with Gasteiger partial charge in [-0.25, -0.2) is 9.97 Å². The highest BCUT2D eigenvalue weighted by Gasteiger charge is 2.16. The van der Waals surface area contributed by atoms with Crippen LogP contribution in [0.4, 0.5) is 0 Å². The van der Waals surface area contributed by atoms with E-state index in [4.69, 9.17) is 10.8 Å². The Kier molecular flexibility index (Phi) is 2.66. The molecule has 2 heterocycles. The summed E-state index contributed by atoms with van der Waals surface area (Å²) in [6.07, 6.45) is 4.34. The highest BCUT2D eigenvalue weighted by molar-refractivity contribution is 5.36. The lowest BCUT2D eigenvalue weighted by Crippen LogP contribution is -2.18. The number of aromatic nitrogens is 3. The Morgan fingerprint density at radius 2 is 2.40 bits per heavy atom. The maximum absolute atomic E-state index is 9.10. The predicted octanol–water partition coefficient (Wildman–Crippen LogP) is 0.284. The molecule has 0 aliphatic carbocycles. The minimum atomic E-state index is -0.404. The molecule has 15 heavy (non-hydrogen) atoms. The predicted molar refractivity (Wildman–Crippen MR) is 56.4 cm³/mol. The minimum Gasteiger partial charge on any atom is -0.394 e. The normalized spacial score (nSPS) is 13.3. The van der Waals surface area contributed by atoms with Crippen LogP contribution in [0.2, 0.25) is 0 Å². The summed E-state index contributed by atoms with van der Waals surface area (Å²) in [6.45, 7) is 1.92. The highest BCUT2D eigenvalue weighted by Crippen LogP contribution is 2.17. The van der Waals surface area contributed by atoms with Crippen LogP contribution in [0, 0.1) is 0 Å². The van der Waals surface area contributed by atoms with Crippen LogP contribution in [0.15, 0.2) is 18.5 Å². The van der Waals surface area contributed by atoms with Gasteiger partial charge in [-0.3, -0.25) is 4.40 Å². The van der Waals surface area contributed by atoms with E-state index in [0.717, 1.165) is 17.8 Å². The third-order valence-corrected chi connectivity index (χ3v) is 2.40. The quantitative estimate of drug-likeness (QED) is 0.756. The van der Waals surface area contributed by atoms with Gasteiger partial charge in [-0.05, 0) is 12.5 Å². The fraction of sp³-hybridized carbons (Fsp3) is 0.400. The summed E-state index contributed by atoms with van der Waals surface area (Å²) < 4.78 is 1.83. The van der Waals surface area contributed by atoms with Gasteiger partial charge in [0.25, 0.3) is 0 Å². The molecule has 3 N–H and O–H groups in total. The van der Waals surface area contributed by atoms with Crippen LogP contribution in [-0.4, -0.2) is 26.1 Å². The van der Waals surface area contributed by atoms with Gasteiger partial charge in [-0.1, -0.05) is 6.92 Å². The van der Waals surface area contributed by atoms with E-state index in [2.05, 4.69) is 9.97 Å². The first-order valence-corrected chi connectivity index (χ1v) is 4.96. The molecule has 0 bridgehead atoms. The molecule has 2 aromatic heterocycles. The number of fused-ring (bicyclic) bond motifs is 1. The Morgan fingerprint density at radius 3 is 3.07 bits per heavy atom. The van der Waals surface area contributed by atoms with E-state index in [9.17, 15) is 0 Å². The van der Waals surface area contributed by atoms with Crippen LogP contribution >= 0.6 is 0 Å². The van der Waals surface area contributed by atoms with Crippen molar-refractivity contribution in [2.24, 2.45) is 5.73 Å². The molecule has 0 fully saturated rings. The van der Waals surface area contributed by atoms with Gasteiger partial charge in [0.05, 0.1) is 24.0 Å². The van der Waals surface area contributed by atoms with E-state index in [0.29, 0.717) is 5.78 Å². The Morgan fingerprint density at radius 1 is 1.60 bits per heavy atom. The van der Waals surface area contributed by atoms with Crippen molar-refractivity contribution < 1.29 is 5.11 Å². The number of aryl methyl sites for hydroxylation is 1. The van der Waals surface area contributed by atoms with Crippen molar-refractivity contribution in [2.45, 2.75) is 19.4 Å². The second-order valence-corrected chi connectivity index (χ2v) is 3.38. The Bertz CT molecular complexity index is 465. The van der Waals surface area contributed by atoms with Crippen molar-refractivity contribution in [3.63, 3.8) is 0 Å². The molecule has 2 rings (SSSR count). The van der Waals surface area contributed by atoms with Crippen LogP contribution in [0.1, 0.15) is 24.4 Å². The summed E-state index contributed by atoms with van der Waals surface area (Å²) in [5.74, 6) is 0.633. The molecule has 5 heteroatoms. The first-order chi connectivity index (χ1) is 7.27. The summed E-state index contributed by atoms with van der Waals surface area (Å²) in [4.78, 5) is 8.50. The van der Waals surface area contributed by atoms with Crippen molar-refractivity contribution in [2.75, 3.05) is 6.61 Å². The van der Waals surface area contributed by atoms with Gasteiger partial charge in [0.2, 0.25) is 5.78 Å². The number of aliphatic hydroxyl groups is 1. The first kappa shape index (κ1) is 10.1. The molecule has 0 saturated carbocycles. The van der Waals surface area contributed by atoms with E-state index in [1.54, 1.807) is 6.20 Å². The molecule has 5 nitrogen and oxygen atoms in total. The van der Waals surface area contributed by atoms with E-state index in [-0.39, 0.29) is 6.61 Å². The van der Waals surface area contributed by atoms with Gasteiger partial charge in [-0.2, -0.15) is 0 Å². The number of hydrogen-bond donors (Lipinski definition) is 2.